The number of imidazole rings is 1. The molecule has 1 N–H and O–H groups in total. The molecule has 0 spiro atoms. The Kier molecular flexibility index (Phi) is 6.21. The fourth-order valence-corrected chi connectivity index (χ4v) is 4.19. The molecule has 1 atom stereocenters. The molecule has 3 aromatic rings. The standard InChI is InChI=1S/C26H28N4O3/c31-24(18-29(25(32)20-13-14-20)16-22-12-7-15-33-22)28-26-27-23(19-8-3-1-4-9-19)17-30(26)21-10-5-2-6-11-21/h1-6,8-11,17,20,22H,7,12-16,18H2,(H,27,28,31)/t22-/m0/s1. The quantitative estimate of drug-likeness (QED) is 0.572. The van der Waals surface area contributed by atoms with Crippen molar-refractivity contribution in [2.24, 2.45) is 5.92 Å². The molecule has 1 aliphatic heterocycles. The Labute approximate surface area is 193 Å². The SMILES string of the molecule is O=C(CN(C[C@@H]1CCCO1)C(=O)C1CC1)Nc1nc(-c2ccccc2)cn1-c1ccccc1. The van der Waals surface area contributed by atoms with Gasteiger partial charge >= 0.3 is 0 Å². The van der Waals surface area contributed by atoms with Crippen molar-refractivity contribution >= 4 is 17.8 Å². The number of carbonyl (C=O) groups excluding carboxylic acids is 2. The molecule has 2 amide bonds. The van der Waals surface area contributed by atoms with E-state index in [1.807, 2.05) is 71.4 Å². The van der Waals surface area contributed by atoms with Crippen LogP contribution in [0.5, 0.6) is 0 Å². The molecule has 2 fully saturated rings. The van der Waals surface area contributed by atoms with Crippen LogP contribution in [0.3, 0.4) is 0 Å². The van der Waals surface area contributed by atoms with Gasteiger partial charge in [0.25, 0.3) is 0 Å². The van der Waals surface area contributed by atoms with E-state index in [4.69, 9.17) is 9.72 Å². The fourth-order valence-electron chi connectivity index (χ4n) is 4.19. The molecule has 170 valence electrons. The van der Waals surface area contributed by atoms with Crippen molar-refractivity contribution in [2.75, 3.05) is 25.0 Å². The lowest BCUT2D eigenvalue weighted by molar-refractivity contribution is -0.137. The van der Waals surface area contributed by atoms with E-state index in [-0.39, 0.29) is 30.4 Å². The molecule has 0 radical (unpaired) electrons. The lowest BCUT2D eigenvalue weighted by atomic mass is 10.2. The van der Waals surface area contributed by atoms with E-state index in [9.17, 15) is 9.59 Å². The van der Waals surface area contributed by atoms with Crippen LogP contribution in [0.15, 0.2) is 66.9 Å². The van der Waals surface area contributed by atoms with Gasteiger partial charge in [0.15, 0.2) is 0 Å². The Hall–Kier alpha value is -3.45. The summed E-state index contributed by atoms with van der Waals surface area (Å²) in [6.07, 6.45) is 5.66. The summed E-state index contributed by atoms with van der Waals surface area (Å²) < 4.78 is 7.59. The van der Waals surface area contributed by atoms with Crippen molar-refractivity contribution in [1.82, 2.24) is 14.5 Å². The molecular formula is C26H28N4O3. The van der Waals surface area contributed by atoms with Crippen LogP contribution >= 0.6 is 0 Å². The number of nitrogens with one attached hydrogen (secondary N) is 1. The third-order valence-corrected chi connectivity index (χ3v) is 6.08. The molecule has 2 aliphatic rings. The van der Waals surface area contributed by atoms with Crippen LogP contribution in [-0.2, 0) is 14.3 Å². The number of hydrogen-bond donors (Lipinski definition) is 1. The van der Waals surface area contributed by atoms with Crippen molar-refractivity contribution in [3.05, 3.63) is 66.9 Å². The van der Waals surface area contributed by atoms with E-state index < -0.39 is 0 Å². The van der Waals surface area contributed by atoms with E-state index in [1.165, 1.54) is 0 Å². The highest BCUT2D eigenvalue weighted by Gasteiger charge is 2.35. The highest BCUT2D eigenvalue weighted by atomic mass is 16.5. The molecule has 7 heteroatoms. The number of para-hydroxylation sites is 1. The maximum atomic E-state index is 13.1. The second kappa shape index (κ2) is 9.58. The number of aromatic nitrogens is 2. The van der Waals surface area contributed by atoms with Gasteiger partial charge in [-0.1, -0.05) is 48.5 Å². The van der Waals surface area contributed by atoms with Crippen LogP contribution in [0, 0.1) is 5.92 Å². The predicted molar refractivity (Wildman–Crippen MR) is 126 cm³/mol. The number of benzene rings is 2. The van der Waals surface area contributed by atoms with Gasteiger partial charge in [0.1, 0.15) is 6.54 Å². The summed E-state index contributed by atoms with van der Waals surface area (Å²) in [6, 6.07) is 19.6. The van der Waals surface area contributed by atoms with Gasteiger partial charge in [-0.2, -0.15) is 0 Å². The zero-order valence-electron chi connectivity index (χ0n) is 18.5. The van der Waals surface area contributed by atoms with Crippen LogP contribution in [-0.4, -0.2) is 52.1 Å². The van der Waals surface area contributed by atoms with Crippen molar-refractivity contribution < 1.29 is 14.3 Å². The van der Waals surface area contributed by atoms with Crippen LogP contribution < -0.4 is 5.32 Å². The molecule has 0 bridgehead atoms. The summed E-state index contributed by atoms with van der Waals surface area (Å²) in [7, 11) is 0. The second-order valence-corrected chi connectivity index (χ2v) is 8.70. The van der Waals surface area contributed by atoms with Crippen molar-refractivity contribution in [2.45, 2.75) is 31.8 Å². The molecule has 2 aromatic carbocycles. The summed E-state index contributed by atoms with van der Waals surface area (Å²) in [5, 5.41) is 2.95. The van der Waals surface area contributed by atoms with E-state index in [0.29, 0.717) is 12.5 Å². The Bertz CT molecular complexity index is 1100. The topological polar surface area (TPSA) is 76.5 Å². The minimum Gasteiger partial charge on any atom is -0.376 e. The Morgan fingerprint density at radius 2 is 1.76 bits per heavy atom. The normalized spacial score (nSPS) is 17.6. The maximum absolute atomic E-state index is 13.1. The minimum atomic E-state index is -0.260. The van der Waals surface area contributed by atoms with E-state index in [1.54, 1.807) is 4.90 Å². The second-order valence-electron chi connectivity index (χ2n) is 8.70. The number of hydrogen-bond acceptors (Lipinski definition) is 4. The van der Waals surface area contributed by atoms with Gasteiger partial charge in [0.05, 0.1) is 11.8 Å². The molecule has 33 heavy (non-hydrogen) atoms. The number of ether oxygens (including phenoxy) is 1. The fraction of sp³-hybridized carbons (Fsp3) is 0.346. The summed E-state index contributed by atoms with van der Waals surface area (Å²) in [5.74, 6) is 0.276. The Morgan fingerprint density at radius 1 is 1.03 bits per heavy atom. The van der Waals surface area contributed by atoms with E-state index in [2.05, 4.69) is 5.32 Å². The largest absolute Gasteiger partial charge is 0.376 e. The van der Waals surface area contributed by atoms with Crippen molar-refractivity contribution in [3.63, 3.8) is 0 Å². The molecule has 2 heterocycles. The van der Waals surface area contributed by atoms with Gasteiger partial charge in [0.2, 0.25) is 17.8 Å². The van der Waals surface area contributed by atoms with Crippen LogP contribution in [0.25, 0.3) is 16.9 Å². The maximum Gasteiger partial charge on any atom is 0.246 e. The van der Waals surface area contributed by atoms with E-state index in [0.717, 1.165) is 49.2 Å². The average Bonchev–Trinajstić information content (AvgIpc) is 3.41. The molecule has 0 unspecified atom stereocenters. The lowest BCUT2D eigenvalue weighted by Gasteiger charge is -2.25. The first kappa shape index (κ1) is 21.4. The number of rotatable bonds is 8. The minimum absolute atomic E-state index is 0.00247. The molecule has 5 rings (SSSR count). The van der Waals surface area contributed by atoms with Crippen LogP contribution in [0.4, 0.5) is 5.95 Å². The van der Waals surface area contributed by atoms with Gasteiger partial charge < -0.3 is 9.64 Å². The van der Waals surface area contributed by atoms with Crippen LogP contribution in [0.1, 0.15) is 25.7 Å². The lowest BCUT2D eigenvalue weighted by Crippen LogP contribution is -2.43. The average molecular weight is 445 g/mol. The highest BCUT2D eigenvalue weighted by molar-refractivity contribution is 5.94. The number of nitrogens with zero attached hydrogens (tertiary/aromatic N) is 3. The number of anilines is 1. The molecule has 1 aliphatic carbocycles. The Balaban J connectivity index is 1.37. The summed E-state index contributed by atoms with van der Waals surface area (Å²) in [5.41, 5.74) is 2.62. The zero-order valence-corrected chi connectivity index (χ0v) is 18.5. The summed E-state index contributed by atoms with van der Waals surface area (Å²) in [6.45, 7) is 1.18. The smallest absolute Gasteiger partial charge is 0.246 e. The van der Waals surface area contributed by atoms with Crippen LogP contribution in [0.2, 0.25) is 0 Å². The van der Waals surface area contributed by atoms with E-state index >= 15 is 0 Å². The zero-order chi connectivity index (χ0) is 22.6. The highest BCUT2D eigenvalue weighted by Crippen LogP contribution is 2.31. The molecular weight excluding hydrogens is 416 g/mol. The monoisotopic (exact) mass is 444 g/mol. The molecule has 1 saturated heterocycles. The third kappa shape index (κ3) is 5.14. The predicted octanol–water partition coefficient (Wildman–Crippen LogP) is 3.90. The van der Waals surface area contributed by atoms with Gasteiger partial charge in [-0.15, -0.1) is 0 Å². The molecule has 7 nitrogen and oxygen atoms in total. The first-order valence-corrected chi connectivity index (χ1v) is 11.6. The molecule has 1 aromatic heterocycles. The van der Waals surface area contributed by atoms with Gasteiger partial charge in [-0.3, -0.25) is 19.5 Å². The van der Waals surface area contributed by atoms with Crippen molar-refractivity contribution in [1.29, 1.82) is 0 Å². The number of amides is 2. The van der Waals surface area contributed by atoms with Crippen molar-refractivity contribution in [3.8, 4) is 16.9 Å². The third-order valence-electron chi connectivity index (χ3n) is 6.08. The summed E-state index contributed by atoms with van der Waals surface area (Å²) >= 11 is 0. The van der Waals surface area contributed by atoms with Gasteiger partial charge in [-0.05, 0) is 37.8 Å². The number of carbonyl (C=O) groups is 2. The Morgan fingerprint density at radius 3 is 2.42 bits per heavy atom. The summed E-state index contributed by atoms with van der Waals surface area (Å²) in [4.78, 5) is 32.3. The first-order valence-electron chi connectivity index (χ1n) is 11.6. The first-order chi connectivity index (χ1) is 16.2. The van der Waals surface area contributed by atoms with Gasteiger partial charge in [0, 0.05) is 36.5 Å². The van der Waals surface area contributed by atoms with Gasteiger partial charge in [-0.25, -0.2) is 4.98 Å². The molecule has 1 saturated carbocycles.